The number of rotatable bonds is 7. The minimum Gasteiger partial charge on any atom is -0.444 e. The lowest BCUT2D eigenvalue weighted by molar-refractivity contribution is -0.127. The highest BCUT2D eigenvalue weighted by Crippen LogP contribution is 2.17. The van der Waals surface area contributed by atoms with E-state index in [9.17, 15) is 14.4 Å². The Kier molecular flexibility index (Phi) is 7.67. The Morgan fingerprint density at radius 3 is 2.28 bits per heavy atom. The predicted molar refractivity (Wildman–Crippen MR) is 125 cm³/mol. The molecule has 3 rings (SSSR count). The summed E-state index contributed by atoms with van der Waals surface area (Å²) in [6, 6.07) is 15.9. The summed E-state index contributed by atoms with van der Waals surface area (Å²) < 4.78 is 5.68. The van der Waals surface area contributed by atoms with Gasteiger partial charge in [-0.25, -0.2) is 0 Å². The number of hydrogen-bond donors (Lipinski definition) is 4. The second-order valence-electron chi connectivity index (χ2n) is 7.20. The first kappa shape index (κ1) is 23.1. The first-order chi connectivity index (χ1) is 15.3. The van der Waals surface area contributed by atoms with Crippen LogP contribution in [0.15, 0.2) is 63.7 Å². The zero-order valence-corrected chi connectivity index (χ0v) is 19.2. The summed E-state index contributed by atoms with van der Waals surface area (Å²) in [7, 11) is 0. The van der Waals surface area contributed by atoms with E-state index in [2.05, 4.69) is 37.4 Å². The van der Waals surface area contributed by atoms with Crippen molar-refractivity contribution in [3.8, 4) is 0 Å². The molecule has 0 saturated heterocycles. The average Bonchev–Trinajstić information content (AvgIpc) is 3.19. The molecule has 1 heterocycles. The van der Waals surface area contributed by atoms with Gasteiger partial charge < -0.3 is 15.1 Å². The summed E-state index contributed by atoms with van der Waals surface area (Å²) in [5.41, 5.74) is 9.13. The van der Waals surface area contributed by atoms with Crippen molar-refractivity contribution in [3.05, 3.63) is 81.7 Å². The fourth-order valence-electron chi connectivity index (χ4n) is 2.94. The monoisotopic (exact) mass is 498 g/mol. The fourth-order valence-corrected chi connectivity index (χ4v) is 3.24. The molecule has 0 aliphatic heterocycles. The van der Waals surface area contributed by atoms with Gasteiger partial charge in [-0.15, -0.1) is 0 Å². The minimum atomic E-state index is -0.377. The number of halogens is 1. The second-order valence-corrected chi connectivity index (χ2v) is 7.98. The van der Waals surface area contributed by atoms with Crippen LogP contribution in [0, 0.1) is 13.8 Å². The Morgan fingerprint density at radius 2 is 1.62 bits per heavy atom. The van der Waals surface area contributed by atoms with E-state index in [1.165, 1.54) is 0 Å². The van der Waals surface area contributed by atoms with Gasteiger partial charge in [0.05, 0.1) is 13.0 Å². The fraction of sp³-hybridized carbons (Fsp3) is 0.174. The maximum atomic E-state index is 12.1. The van der Waals surface area contributed by atoms with Gasteiger partial charge in [-0.1, -0.05) is 29.8 Å². The van der Waals surface area contributed by atoms with Crippen molar-refractivity contribution in [1.82, 2.24) is 10.9 Å². The lowest BCUT2D eigenvalue weighted by Gasteiger charge is -2.11. The molecule has 0 aliphatic carbocycles. The smallest absolute Gasteiger partial charge is 0.291 e. The van der Waals surface area contributed by atoms with Crippen molar-refractivity contribution >= 4 is 45.0 Å². The molecule has 2 aromatic carbocycles. The molecule has 3 aromatic rings. The van der Waals surface area contributed by atoms with Crippen LogP contribution in [0.25, 0.3) is 0 Å². The Hall–Kier alpha value is -3.59. The normalized spacial score (nSPS) is 10.3. The van der Waals surface area contributed by atoms with Crippen molar-refractivity contribution < 1.29 is 18.8 Å². The third-order valence-electron chi connectivity index (χ3n) is 4.54. The van der Waals surface area contributed by atoms with Gasteiger partial charge in [-0.3, -0.25) is 25.2 Å². The molecular formula is C23H23BrN4O4. The number of hydrazine groups is 1. The summed E-state index contributed by atoms with van der Waals surface area (Å²) in [6.45, 7) is 4.00. The van der Waals surface area contributed by atoms with Crippen LogP contribution in [0.3, 0.4) is 0 Å². The van der Waals surface area contributed by atoms with Crippen LogP contribution in [-0.4, -0.2) is 24.3 Å². The first-order valence-corrected chi connectivity index (χ1v) is 10.6. The standard InChI is InChI=1S/C23H23BrN4O4/c1-14-3-8-18(15(2)11-14)25-13-22(30)28-27-21(29)12-16-4-6-17(7-5-16)26-23(31)19-9-10-20(24)32-19/h3-11,25H,12-13H2,1-2H3,(H,26,31)(H,27,29)(H,28,30). The molecule has 0 atom stereocenters. The average molecular weight is 499 g/mol. The van der Waals surface area contributed by atoms with Crippen LogP contribution in [0.2, 0.25) is 0 Å². The van der Waals surface area contributed by atoms with E-state index < -0.39 is 0 Å². The van der Waals surface area contributed by atoms with Crippen LogP contribution in [0.1, 0.15) is 27.2 Å². The van der Waals surface area contributed by atoms with Crippen molar-refractivity contribution in [3.63, 3.8) is 0 Å². The quantitative estimate of drug-likeness (QED) is 0.371. The molecule has 32 heavy (non-hydrogen) atoms. The number of furan rings is 1. The van der Waals surface area contributed by atoms with Crippen molar-refractivity contribution in [1.29, 1.82) is 0 Å². The zero-order chi connectivity index (χ0) is 23.1. The van der Waals surface area contributed by atoms with Gasteiger partial charge in [-0.05, 0) is 71.2 Å². The maximum Gasteiger partial charge on any atom is 0.291 e. The van der Waals surface area contributed by atoms with E-state index in [0.29, 0.717) is 10.4 Å². The molecule has 0 spiro atoms. The Labute approximate surface area is 193 Å². The van der Waals surface area contributed by atoms with Crippen molar-refractivity contribution in [2.24, 2.45) is 0 Å². The third kappa shape index (κ3) is 6.71. The summed E-state index contributed by atoms with van der Waals surface area (Å²) in [5, 5.41) is 5.75. The van der Waals surface area contributed by atoms with Crippen molar-refractivity contribution in [2.75, 3.05) is 17.2 Å². The number of hydrogen-bond acceptors (Lipinski definition) is 5. The molecule has 8 nitrogen and oxygen atoms in total. The topological polar surface area (TPSA) is 112 Å². The molecule has 166 valence electrons. The minimum absolute atomic E-state index is 0.0326. The molecule has 4 N–H and O–H groups in total. The van der Waals surface area contributed by atoms with Crippen LogP contribution in [0.4, 0.5) is 11.4 Å². The van der Waals surface area contributed by atoms with Crippen molar-refractivity contribution in [2.45, 2.75) is 20.3 Å². The summed E-state index contributed by atoms with van der Waals surface area (Å²) >= 11 is 3.15. The summed E-state index contributed by atoms with van der Waals surface area (Å²) in [5.74, 6) is -0.913. The Morgan fingerprint density at radius 1 is 0.906 bits per heavy atom. The maximum absolute atomic E-state index is 12.1. The van der Waals surface area contributed by atoms with Gasteiger partial charge in [0.15, 0.2) is 10.4 Å². The Bertz CT molecular complexity index is 1130. The van der Waals surface area contributed by atoms with Gasteiger partial charge in [0, 0.05) is 11.4 Å². The van der Waals surface area contributed by atoms with Crippen LogP contribution in [-0.2, 0) is 16.0 Å². The van der Waals surface area contributed by atoms with E-state index in [-0.39, 0.29) is 36.4 Å². The number of amides is 3. The summed E-state index contributed by atoms with van der Waals surface area (Å²) in [4.78, 5) is 36.2. The molecule has 1 aromatic heterocycles. The van der Waals surface area contributed by atoms with Crippen LogP contribution >= 0.6 is 15.9 Å². The number of nitrogens with one attached hydrogen (secondary N) is 4. The zero-order valence-electron chi connectivity index (χ0n) is 17.6. The lowest BCUT2D eigenvalue weighted by atomic mass is 10.1. The molecule has 0 fully saturated rings. The predicted octanol–water partition coefficient (Wildman–Crippen LogP) is 3.71. The van der Waals surface area contributed by atoms with E-state index in [4.69, 9.17) is 4.42 Å². The summed E-state index contributed by atoms with van der Waals surface area (Å²) in [6.07, 6.45) is 0.0735. The molecule has 9 heteroatoms. The van der Waals surface area contributed by atoms with Crippen LogP contribution < -0.4 is 21.5 Å². The second kappa shape index (κ2) is 10.6. The van der Waals surface area contributed by atoms with E-state index >= 15 is 0 Å². The Balaban J connectivity index is 1.41. The lowest BCUT2D eigenvalue weighted by Crippen LogP contribution is -2.44. The van der Waals surface area contributed by atoms with Crippen LogP contribution in [0.5, 0.6) is 0 Å². The van der Waals surface area contributed by atoms with Gasteiger partial charge in [0.2, 0.25) is 5.91 Å². The highest BCUT2D eigenvalue weighted by Gasteiger charge is 2.11. The molecule has 3 amide bonds. The molecule has 0 radical (unpaired) electrons. The third-order valence-corrected chi connectivity index (χ3v) is 4.96. The molecule has 0 bridgehead atoms. The van der Waals surface area contributed by atoms with Gasteiger partial charge >= 0.3 is 0 Å². The SMILES string of the molecule is Cc1ccc(NCC(=O)NNC(=O)Cc2ccc(NC(=O)c3ccc(Br)o3)cc2)c(C)c1. The number of aryl methyl sites for hydroxylation is 2. The first-order valence-electron chi connectivity index (χ1n) is 9.84. The number of benzene rings is 2. The number of anilines is 2. The van der Waals surface area contributed by atoms with E-state index in [1.807, 2.05) is 32.0 Å². The molecule has 0 saturated carbocycles. The van der Waals surface area contributed by atoms with Gasteiger partial charge in [0.1, 0.15) is 0 Å². The van der Waals surface area contributed by atoms with Gasteiger partial charge in [-0.2, -0.15) is 0 Å². The molecular weight excluding hydrogens is 476 g/mol. The number of carbonyl (C=O) groups is 3. The molecule has 0 aliphatic rings. The largest absolute Gasteiger partial charge is 0.444 e. The van der Waals surface area contributed by atoms with Gasteiger partial charge in [0.25, 0.3) is 11.8 Å². The molecule has 0 unspecified atom stereocenters. The highest BCUT2D eigenvalue weighted by molar-refractivity contribution is 9.10. The highest BCUT2D eigenvalue weighted by atomic mass is 79.9. The number of carbonyl (C=O) groups excluding carboxylic acids is 3. The van der Waals surface area contributed by atoms with E-state index in [1.54, 1.807) is 36.4 Å². The van der Waals surface area contributed by atoms with E-state index in [0.717, 1.165) is 22.4 Å².